The Morgan fingerprint density at radius 2 is 1.93 bits per heavy atom. The third-order valence-electron chi connectivity index (χ3n) is 2.79. The summed E-state index contributed by atoms with van der Waals surface area (Å²) in [6.07, 6.45) is 2.78. The minimum atomic E-state index is 0.132. The van der Waals surface area contributed by atoms with Crippen LogP contribution >= 0.6 is 0 Å². The van der Waals surface area contributed by atoms with Crippen LogP contribution in [0.25, 0.3) is 0 Å². The van der Waals surface area contributed by atoms with E-state index < -0.39 is 0 Å². The molecule has 2 rings (SSSR count). The Labute approximate surface area is 85.2 Å². The number of aliphatic hydroxyl groups is 1. The first kappa shape index (κ1) is 9.53. The Kier molecular flexibility index (Phi) is 2.73. The molecule has 1 N–H and O–H groups in total. The van der Waals surface area contributed by atoms with Gasteiger partial charge in [-0.3, -0.25) is 0 Å². The summed E-state index contributed by atoms with van der Waals surface area (Å²) in [5.41, 5.74) is 2.22. The molecule has 0 saturated heterocycles. The van der Waals surface area contributed by atoms with Crippen molar-refractivity contribution in [2.75, 3.05) is 18.5 Å². The molecule has 2 heteroatoms. The topological polar surface area (TPSA) is 23.5 Å². The minimum absolute atomic E-state index is 0.132. The summed E-state index contributed by atoms with van der Waals surface area (Å²) in [5, 5.41) is 8.91. The molecule has 1 aromatic carbocycles. The van der Waals surface area contributed by atoms with Gasteiger partial charge in [0.15, 0.2) is 0 Å². The molecule has 1 aliphatic carbocycles. The number of aliphatic hydroxyl groups excluding tert-OH is 1. The third kappa shape index (κ3) is 2.26. The SMILES string of the molecule is CN(CC1CC1)c1ccc(CO)cc1. The number of anilines is 1. The van der Waals surface area contributed by atoms with Crippen LogP contribution in [0.1, 0.15) is 18.4 Å². The van der Waals surface area contributed by atoms with Crippen LogP contribution < -0.4 is 4.90 Å². The van der Waals surface area contributed by atoms with E-state index in [1.165, 1.54) is 25.1 Å². The molecular formula is C12H17NO. The molecule has 1 fully saturated rings. The maximum Gasteiger partial charge on any atom is 0.0681 e. The average Bonchev–Trinajstić information content (AvgIpc) is 3.02. The van der Waals surface area contributed by atoms with Crippen LogP contribution in [-0.4, -0.2) is 18.7 Å². The molecular weight excluding hydrogens is 174 g/mol. The van der Waals surface area contributed by atoms with Crippen molar-refractivity contribution in [2.45, 2.75) is 19.4 Å². The van der Waals surface area contributed by atoms with Crippen LogP contribution in [0.3, 0.4) is 0 Å². The predicted octanol–water partition coefficient (Wildman–Crippen LogP) is 2.03. The van der Waals surface area contributed by atoms with Gasteiger partial charge in [-0.25, -0.2) is 0 Å². The van der Waals surface area contributed by atoms with E-state index in [4.69, 9.17) is 5.11 Å². The quantitative estimate of drug-likeness (QED) is 0.787. The smallest absolute Gasteiger partial charge is 0.0681 e. The number of hydrogen-bond donors (Lipinski definition) is 1. The molecule has 76 valence electrons. The van der Waals surface area contributed by atoms with Crippen LogP contribution in [-0.2, 0) is 6.61 Å². The second-order valence-corrected chi connectivity index (χ2v) is 4.15. The monoisotopic (exact) mass is 191 g/mol. The van der Waals surface area contributed by atoms with Gasteiger partial charge in [0, 0.05) is 19.3 Å². The zero-order valence-electron chi connectivity index (χ0n) is 8.61. The van der Waals surface area contributed by atoms with E-state index in [2.05, 4.69) is 24.1 Å². The van der Waals surface area contributed by atoms with Gasteiger partial charge in [-0.2, -0.15) is 0 Å². The van der Waals surface area contributed by atoms with Gasteiger partial charge >= 0.3 is 0 Å². The van der Waals surface area contributed by atoms with E-state index in [1.54, 1.807) is 0 Å². The molecule has 0 unspecified atom stereocenters. The van der Waals surface area contributed by atoms with Crippen molar-refractivity contribution in [3.8, 4) is 0 Å². The van der Waals surface area contributed by atoms with E-state index in [9.17, 15) is 0 Å². The lowest BCUT2D eigenvalue weighted by atomic mass is 10.2. The van der Waals surface area contributed by atoms with Gasteiger partial charge in [-0.1, -0.05) is 12.1 Å². The van der Waals surface area contributed by atoms with E-state index in [1.807, 2.05) is 12.1 Å². The first-order valence-corrected chi connectivity index (χ1v) is 5.20. The number of rotatable bonds is 4. The summed E-state index contributed by atoms with van der Waals surface area (Å²) < 4.78 is 0. The summed E-state index contributed by atoms with van der Waals surface area (Å²) in [6, 6.07) is 8.12. The van der Waals surface area contributed by atoms with Gasteiger partial charge in [0.25, 0.3) is 0 Å². The summed E-state index contributed by atoms with van der Waals surface area (Å²) >= 11 is 0. The fraction of sp³-hybridized carbons (Fsp3) is 0.500. The zero-order chi connectivity index (χ0) is 9.97. The van der Waals surface area contributed by atoms with Crippen molar-refractivity contribution < 1.29 is 5.11 Å². The predicted molar refractivity (Wildman–Crippen MR) is 58.4 cm³/mol. The molecule has 14 heavy (non-hydrogen) atoms. The molecule has 0 heterocycles. The Morgan fingerprint density at radius 3 is 2.43 bits per heavy atom. The number of benzene rings is 1. The number of nitrogens with zero attached hydrogens (tertiary/aromatic N) is 1. The van der Waals surface area contributed by atoms with Crippen molar-refractivity contribution in [2.24, 2.45) is 5.92 Å². The van der Waals surface area contributed by atoms with Gasteiger partial charge in [-0.05, 0) is 36.5 Å². The van der Waals surface area contributed by atoms with Gasteiger partial charge in [0.05, 0.1) is 6.61 Å². The van der Waals surface area contributed by atoms with E-state index in [-0.39, 0.29) is 6.61 Å². The Morgan fingerprint density at radius 1 is 1.29 bits per heavy atom. The molecule has 1 aromatic rings. The highest BCUT2D eigenvalue weighted by Crippen LogP contribution is 2.30. The van der Waals surface area contributed by atoms with Gasteiger partial charge in [0.1, 0.15) is 0 Å². The summed E-state index contributed by atoms with van der Waals surface area (Å²) in [4.78, 5) is 2.29. The van der Waals surface area contributed by atoms with Crippen molar-refractivity contribution in [3.63, 3.8) is 0 Å². The Bertz CT molecular complexity index is 290. The highest BCUT2D eigenvalue weighted by atomic mass is 16.3. The van der Waals surface area contributed by atoms with E-state index in [0.717, 1.165) is 11.5 Å². The summed E-state index contributed by atoms with van der Waals surface area (Å²) in [5.74, 6) is 0.914. The lowest BCUT2D eigenvalue weighted by Crippen LogP contribution is -2.19. The van der Waals surface area contributed by atoms with Gasteiger partial charge < -0.3 is 10.0 Å². The Hall–Kier alpha value is -1.02. The molecule has 1 saturated carbocycles. The summed E-state index contributed by atoms with van der Waals surface area (Å²) in [6.45, 7) is 1.30. The van der Waals surface area contributed by atoms with E-state index in [0.29, 0.717) is 0 Å². The largest absolute Gasteiger partial charge is 0.392 e. The van der Waals surface area contributed by atoms with Crippen LogP contribution in [0.15, 0.2) is 24.3 Å². The van der Waals surface area contributed by atoms with E-state index >= 15 is 0 Å². The highest BCUT2D eigenvalue weighted by Gasteiger charge is 2.22. The lowest BCUT2D eigenvalue weighted by molar-refractivity contribution is 0.282. The first-order valence-electron chi connectivity index (χ1n) is 5.20. The Balaban J connectivity index is 1.99. The molecule has 0 bridgehead atoms. The van der Waals surface area contributed by atoms with Crippen LogP contribution in [0.2, 0.25) is 0 Å². The molecule has 0 radical (unpaired) electrons. The molecule has 0 amide bonds. The average molecular weight is 191 g/mol. The molecule has 0 atom stereocenters. The second-order valence-electron chi connectivity index (χ2n) is 4.15. The minimum Gasteiger partial charge on any atom is -0.392 e. The maximum absolute atomic E-state index is 8.91. The first-order chi connectivity index (χ1) is 6.79. The maximum atomic E-state index is 8.91. The highest BCUT2D eigenvalue weighted by molar-refractivity contribution is 5.46. The molecule has 0 spiro atoms. The fourth-order valence-electron chi connectivity index (χ4n) is 1.65. The van der Waals surface area contributed by atoms with Gasteiger partial charge in [0.2, 0.25) is 0 Å². The number of hydrogen-bond acceptors (Lipinski definition) is 2. The van der Waals surface area contributed by atoms with Crippen molar-refractivity contribution in [1.82, 2.24) is 0 Å². The normalized spacial score (nSPS) is 15.6. The lowest BCUT2D eigenvalue weighted by Gasteiger charge is -2.19. The standard InChI is InChI=1S/C12H17NO/c1-13(8-10-2-3-10)12-6-4-11(9-14)5-7-12/h4-7,10,14H,2-3,8-9H2,1H3. The van der Waals surface area contributed by atoms with Crippen LogP contribution in [0, 0.1) is 5.92 Å². The van der Waals surface area contributed by atoms with Gasteiger partial charge in [-0.15, -0.1) is 0 Å². The molecule has 0 aromatic heterocycles. The third-order valence-corrected chi connectivity index (χ3v) is 2.79. The van der Waals surface area contributed by atoms with Crippen molar-refractivity contribution >= 4 is 5.69 Å². The van der Waals surface area contributed by atoms with Crippen molar-refractivity contribution in [1.29, 1.82) is 0 Å². The fourth-order valence-corrected chi connectivity index (χ4v) is 1.65. The second kappa shape index (κ2) is 4.01. The molecule has 0 aliphatic heterocycles. The zero-order valence-corrected chi connectivity index (χ0v) is 8.61. The summed E-state index contributed by atoms with van der Waals surface area (Å²) in [7, 11) is 2.13. The molecule has 1 aliphatic rings. The van der Waals surface area contributed by atoms with Crippen LogP contribution in [0.5, 0.6) is 0 Å². The molecule has 2 nitrogen and oxygen atoms in total. The van der Waals surface area contributed by atoms with Crippen LogP contribution in [0.4, 0.5) is 5.69 Å². The van der Waals surface area contributed by atoms with Crippen molar-refractivity contribution in [3.05, 3.63) is 29.8 Å².